The molecule has 2 nitrogen and oxygen atoms in total. The fraction of sp³-hybridized carbons (Fsp3) is 0.571. The second-order valence-electron chi connectivity index (χ2n) is 4.71. The normalized spacial score (nSPS) is 13.8. The van der Waals surface area contributed by atoms with Crippen molar-refractivity contribution in [2.75, 3.05) is 13.1 Å². The van der Waals surface area contributed by atoms with Crippen LogP contribution in [0.25, 0.3) is 0 Å². The second-order valence-corrected chi connectivity index (χ2v) is 4.71. The van der Waals surface area contributed by atoms with Crippen LogP contribution in [-0.2, 0) is 4.74 Å². The van der Waals surface area contributed by atoms with Crippen molar-refractivity contribution in [3.05, 3.63) is 35.9 Å². The Hall–Kier alpha value is -0.860. The van der Waals surface area contributed by atoms with Crippen LogP contribution in [0.5, 0.6) is 0 Å². The zero-order valence-corrected chi connectivity index (χ0v) is 10.8. The lowest BCUT2D eigenvalue weighted by Gasteiger charge is -2.29. The predicted octanol–water partition coefficient (Wildman–Crippen LogP) is 3.15. The van der Waals surface area contributed by atoms with Gasteiger partial charge < -0.3 is 10.1 Å². The number of ether oxygens (including phenoxy) is 1. The Kier molecular flexibility index (Phi) is 4.97. The first-order valence-electron chi connectivity index (χ1n) is 5.98. The summed E-state index contributed by atoms with van der Waals surface area (Å²) in [7, 11) is 0. The average Bonchev–Trinajstić information content (AvgIpc) is 2.27. The van der Waals surface area contributed by atoms with Crippen LogP contribution in [0.3, 0.4) is 0 Å². The molecule has 0 saturated carbocycles. The molecular weight excluding hydrogens is 198 g/mol. The fourth-order valence-electron chi connectivity index (χ4n) is 1.74. The molecule has 1 aromatic rings. The van der Waals surface area contributed by atoms with Crippen molar-refractivity contribution >= 4 is 0 Å². The predicted molar refractivity (Wildman–Crippen MR) is 68.6 cm³/mol. The van der Waals surface area contributed by atoms with E-state index in [1.165, 1.54) is 5.56 Å². The number of hydrogen-bond donors (Lipinski definition) is 1. The van der Waals surface area contributed by atoms with Crippen molar-refractivity contribution < 1.29 is 4.74 Å². The second kappa shape index (κ2) is 6.02. The number of nitrogens with one attached hydrogen (secondary N) is 1. The molecule has 1 atom stereocenters. The Morgan fingerprint density at radius 1 is 1.25 bits per heavy atom. The van der Waals surface area contributed by atoms with Gasteiger partial charge in [0.1, 0.15) is 0 Å². The minimum absolute atomic E-state index is 0.134. The van der Waals surface area contributed by atoms with E-state index in [2.05, 4.69) is 45.1 Å². The van der Waals surface area contributed by atoms with Gasteiger partial charge in [0.25, 0.3) is 0 Å². The molecule has 0 aromatic heterocycles. The maximum absolute atomic E-state index is 6.06. The third kappa shape index (κ3) is 4.33. The summed E-state index contributed by atoms with van der Waals surface area (Å²) in [6, 6.07) is 10.3. The summed E-state index contributed by atoms with van der Waals surface area (Å²) in [5.41, 5.74) is 1.10. The Balaban J connectivity index is 2.53. The zero-order chi connectivity index (χ0) is 12.0. The van der Waals surface area contributed by atoms with Crippen LogP contribution in [0.2, 0.25) is 0 Å². The third-order valence-electron chi connectivity index (χ3n) is 2.57. The summed E-state index contributed by atoms with van der Waals surface area (Å²) in [6.07, 6.45) is 0.134. The van der Waals surface area contributed by atoms with Gasteiger partial charge >= 0.3 is 0 Å². The molecule has 0 aliphatic heterocycles. The zero-order valence-electron chi connectivity index (χ0n) is 10.8. The van der Waals surface area contributed by atoms with Crippen molar-refractivity contribution in [3.63, 3.8) is 0 Å². The first-order valence-corrected chi connectivity index (χ1v) is 5.98. The molecule has 0 aliphatic rings. The van der Waals surface area contributed by atoms with Gasteiger partial charge in [-0.05, 0) is 32.9 Å². The summed E-state index contributed by atoms with van der Waals surface area (Å²) in [4.78, 5) is 0. The molecular formula is C14H23NO. The summed E-state index contributed by atoms with van der Waals surface area (Å²) < 4.78 is 6.06. The van der Waals surface area contributed by atoms with E-state index in [0.717, 1.165) is 13.1 Å². The summed E-state index contributed by atoms with van der Waals surface area (Å²) >= 11 is 0. The highest BCUT2D eigenvalue weighted by atomic mass is 16.5. The van der Waals surface area contributed by atoms with Gasteiger partial charge in [0.15, 0.2) is 0 Å². The van der Waals surface area contributed by atoms with Crippen molar-refractivity contribution in [2.45, 2.75) is 39.4 Å². The Bertz CT molecular complexity index is 295. The van der Waals surface area contributed by atoms with Gasteiger partial charge in [0.05, 0.1) is 11.7 Å². The van der Waals surface area contributed by atoms with E-state index in [4.69, 9.17) is 4.74 Å². The van der Waals surface area contributed by atoms with Crippen LogP contribution in [0, 0.1) is 0 Å². The number of benzene rings is 1. The van der Waals surface area contributed by atoms with Gasteiger partial charge in [-0.3, -0.25) is 0 Å². The molecule has 16 heavy (non-hydrogen) atoms. The van der Waals surface area contributed by atoms with E-state index in [0.29, 0.717) is 0 Å². The van der Waals surface area contributed by atoms with Crippen LogP contribution < -0.4 is 5.32 Å². The van der Waals surface area contributed by atoms with Crippen LogP contribution >= 0.6 is 0 Å². The maximum atomic E-state index is 6.06. The molecule has 90 valence electrons. The SMILES string of the molecule is CCNCC(C)(C)OC(C)c1ccccc1. The molecule has 1 aromatic carbocycles. The monoisotopic (exact) mass is 221 g/mol. The Morgan fingerprint density at radius 2 is 1.88 bits per heavy atom. The first kappa shape index (κ1) is 13.2. The van der Waals surface area contributed by atoms with E-state index in [1.807, 2.05) is 18.2 Å². The maximum Gasteiger partial charge on any atom is 0.0804 e. The van der Waals surface area contributed by atoms with Crippen molar-refractivity contribution in [1.82, 2.24) is 5.32 Å². The van der Waals surface area contributed by atoms with Crippen LogP contribution in [-0.4, -0.2) is 18.7 Å². The highest BCUT2D eigenvalue weighted by molar-refractivity contribution is 5.17. The minimum Gasteiger partial charge on any atom is -0.367 e. The first-order chi connectivity index (χ1) is 7.55. The average molecular weight is 221 g/mol. The van der Waals surface area contributed by atoms with Gasteiger partial charge in [-0.15, -0.1) is 0 Å². The molecule has 0 fully saturated rings. The summed E-state index contributed by atoms with van der Waals surface area (Å²) in [5, 5.41) is 3.32. The van der Waals surface area contributed by atoms with E-state index in [1.54, 1.807) is 0 Å². The number of hydrogen-bond acceptors (Lipinski definition) is 2. The number of likely N-dealkylation sites (N-methyl/N-ethyl adjacent to an activating group) is 1. The summed E-state index contributed by atoms with van der Waals surface area (Å²) in [5.74, 6) is 0. The molecule has 0 heterocycles. The standard InChI is InChI=1S/C14H23NO/c1-5-15-11-14(3,4)16-12(2)13-9-7-6-8-10-13/h6-10,12,15H,5,11H2,1-4H3. The highest BCUT2D eigenvalue weighted by Gasteiger charge is 2.21. The van der Waals surface area contributed by atoms with Crippen molar-refractivity contribution in [2.24, 2.45) is 0 Å². The lowest BCUT2D eigenvalue weighted by Crippen LogP contribution is -2.38. The smallest absolute Gasteiger partial charge is 0.0804 e. The van der Waals surface area contributed by atoms with Gasteiger partial charge in [-0.25, -0.2) is 0 Å². The van der Waals surface area contributed by atoms with Crippen molar-refractivity contribution in [3.8, 4) is 0 Å². The topological polar surface area (TPSA) is 21.3 Å². The largest absolute Gasteiger partial charge is 0.367 e. The molecule has 0 saturated heterocycles. The molecule has 1 rings (SSSR count). The van der Waals surface area contributed by atoms with E-state index in [9.17, 15) is 0 Å². The summed E-state index contributed by atoms with van der Waals surface area (Å²) in [6.45, 7) is 10.3. The molecule has 0 aliphatic carbocycles. The molecule has 0 amide bonds. The Labute approximate surface area is 99.0 Å². The molecule has 2 heteroatoms. The molecule has 0 bridgehead atoms. The van der Waals surface area contributed by atoms with Gasteiger partial charge in [-0.2, -0.15) is 0 Å². The van der Waals surface area contributed by atoms with Crippen LogP contribution in [0.15, 0.2) is 30.3 Å². The lowest BCUT2D eigenvalue weighted by molar-refractivity contribution is -0.0635. The Morgan fingerprint density at radius 3 is 2.44 bits per heavy atom. The number of rotatable bonds is 6. The van der Waals surface area contributed by atoms with E-state index in [-0.39, 0.29) is 11.7 Å². The molecule has 1 unspecified atom stereocenters. The quantitative estimate of drug-likeness (QED) is 0.796. The highest BCUT2D eigenvalue weighted by Crippen LogP contribution is 2.22. The van der Waals surface area contributed by atoms with Crippen LogP contribution in [0.4, 0.5) is 0 Å². The fourth-order valence-corrected chi connectivity index (χ4v) is 1.74. The minimum atomic E-state index is -0.134. The van der Waals surface area contributed by atoms with Gasteiger partial charge in [0, 0.05) is 6.54 Å². The molecule has 0 radical (unpaired) electrons. The van der Waals surface area contributed by atoms with Crippen LogP contribution in [0.1, 0.15) is 39.4 Å². The van der Waals surface area contributed by atoms with Crippen molar-refractivity contribution in [1.29, 1.82) is 0 Å². The van der Waals surface area contributed by atoms with E-state index < -0.39 is 0 Å². The lowest BCUT2D eigenvalue weighted by atomic mass is 10.1. The van der Waals surface area contributed by atoms with E-state index >= 15 is 0 Å². The third-order valence-corrected chi connectivity index (χ3v) is 2.57. The molecule has 1 N–H and O–H groups in total. The van der Waals surface area contributed by atoms with Gasteiger partial charge in [-0.1, -0.05) is 37.3 Å². The van der Waals surface area contributed by atoms with Gasteiger partial charge in [0.2, 0.25) is 0 Å². The molecule has 0 spiro atoms.